The summed E-state index contributed by atoms with van der Waals surface area (Å²) in [4.78, 5) is 27.4. The van der Waals surface area contributed by atoms with Gasteiger partial charge >= 0.3 is 0 Å². The van der Waals surface area contributed by atoms with Crippen molar-refractivity contribution in [2.24, 2.45) is 0 Å². The van der Waals surface area contributed by atoms with Crippen molar-refractivity contribution in [3.05, 3.63) is 42.0 Å². The third kappa shape index (κ3) is 3.68. The lowest BCUT2D eigenvalue weighted by molar-refractivity contribution is -0.131. The van der Waals surface area contributed by atoms with Crippen molar-refractivity contribution in [2.45, 2.75) is 25.8 Å². The molecule has 0 aromatic carbocycles. The van der Waals surface area contributed by atoms with Crippen LogP contribution >= 0.6 is 0 Å². The summed E-state index contributed by atoms with van der Waals surface area (Å²) in [5.74, 6) is 2.22. The first-order valence-electron chi connectivity index (χ1n) is 8.15. The molecule has 24 heavy (non-hydrogen) atoms. The highest BCUT2D eigenvalue weighted by atomic mass is 16.2. The van der Waals surface area contributed by atoms with Gasteiger partial charge in [0.1, 0.15) is 17.5 Å². The minimum absolute atomic E-state index is 0.0110. The molecule has 0 aliphatic carbocycles. The molecule has 1 saturated heterocycles. The van der Waals surface area contributed by atoms with E-state index in [1.807, 2.05) is 36.1 Å². The molecule has 1 fully saturated rings. The second-order valence-electron chi connectivity index (χ2n) is 5.84. The van der Waals surface area contributed by atoms with Crippen LogP contribution in [-0.4, -0.2) is 45.9 Å². The normalized spacial score (nSPS) is 17.1. The van der Waals surface area contributed by atoms with Gasteiger partial charge in [0.05, 0.1) is 18.3 Å². The molecule has 2 aromatic rings. The second-order valence-corrected chi connectivity index (χ2v) is 5.84. The van der Waals surface area contributed by atoms with Crippen LogP contribution in [0.3, 0.4) is 0 Å². The first kappa shape index (κ1) is 16.3. The number of nitrogens with zero attached hydrogens (tertiary/aromatic N) is 4. The Bertz CT molecular complexity index is 705. The Morgan fingerprint density at radius 2 is 2.21 bits per heavy atom. The summed E-state index contributed by atoms with van der Waals surface area (Å²) in [5.41, 5.74) is 0.878. The van der Waals surface area contributed by atoms with Crippen LogP contribution in [0.25, 0.3) is 0 Å². The molecular weight excluding hydrogens is 304 g/mol. The summed E-state index contributed by atoms with van der Waals surface area (Å²) in [7, 11) is 1.78. The molecule has 3 rings (SSSR count). The molecule has 1 amide bonds. The molecule has 0 spiro atoms. The van der Waals surface area contributed by atoms with Crippen molar-refractivity contribution in [2.75, 3.05) is 25.5 Å². The monoisotopic (exact) mass is 326 g/mol. The van der Waals surface area contributed by atoms with Crippen LogP contribution in [0.5, 0.6) is 0 Å². The Morgan fingerprint density at radius 1 is 1.33 bits per heavy atom. The van der Waals surface area contributed by atoms with Crippen LogP contribution in [0.1, 0.15) is 30.4 Å². The van der Waals surface area contributed by atoms with Crippen molar-refractivity contribution in [3.63, 3.8) is 0 Å². The topological polar surface area (TPSA) is 83.0 Å². The fraction of sp³-hybridized carbons (Fsp3) is 0.412. The number of aryl methyl sites for hydroxylation is 1. The van der Waals surface area contributed by atoms with E-state index >= 15 is 0 Å². The van der Waals surface area contributed by atoms with Crippen molar-refractivity contribution in [3.8, 4) is 0 Å². The van der Waals surface area contributed by atoms with Crippen LogP contribution < -0.4 is 10.6 Å². The largest absolute Gasteiger partial charge is 0.333 e. The highest BCUT2D eigenvalue weighted by molar-refractivity contribution is 5.79. The predicted octanol–water partition coefficient (Wildman–Crippen LogP) is 1.81. The Kier molecular flexibility index (Phi) is 5.00. The molecular formula is C17H22N6O. The maximum absolute atomic E-state index is 12.3. The molecule has 1 aliphatic rings. The van der Waals surface area contributed by atoms with E-state index in [1.54, 1.807) is 13.2 Å². The molecule has 126 valence electrons. The quantitative estimate of drug-likeness (QED) is 0.872. The van der Waals surface area contributed by atoms with Crippen molar-refractivity contribution >= 4 is 17.5 Å². The zero-order valence-corrected chi connectivity index (χ0v) is 14.0. The summed E-state index contributed by atoms with van der Waals surface area (Å²) in [6.45, 7) is 2.98. The van der Waals surface area contributed by atoms with Crippen LogP contribution in [-0.2, 0) is 4.79 Å². The Balaban J connectivity index is 1.84. The zero-order chi connectivity index (χ0) is 16.9. The van der Waals surface area contributed by atoms with Crippen molar-refractivity contribution < 1.29 is 4.79 Å². The van der Waals surface area contributed by atoms with E-state index in [0.717, 1.165) is 30.9 Å². The number of likely N-dealkylation sites (N-methyl/N-ethyl adjacent to an activating group) is 1. The number of hydrogen-bond donors (Lipinski definition) is 2. The van der Waals surface area contributed by atoms with Crippen LogP contribution in [0, 0.1) is 6.92 Å². The fourth-order valence-corrected chi connectivity index (χ4v) is 3.02. The van der Waals surface area contributed by atoms with Gasteiger partial charge in [-0.1, -0.05) is 6.07 Å². The number of pyridine rings is 1. The van der Waals surface area contributed by atoms with Gasteiger partial charge in [-0.15, -0.1) is 0 Å². The summed E-state index contributed by atoms with van der Waals surface area (Å²) >= 11 is 0. The average Bonchev–Trinajstić information content (AvgIpc) is 3.05. The minimum Gasteiger partial charge on any atom is -0.333 e. The maximum Gasteiger partial charge on any atom is 0.237 e. The number of aromatic nitrogens is 3. The Morgan fingerprint density at radius 3 is 2.96 bits per heavy atom. The van der Waals surface area contributed by atoms with Gasteiger partial charge < -0.3 is 15.5 Å². The molecule has 1 atom stereocenters. The number of nitrogens with one attached hydrogen (secondary N) is 2. The summed E-state index contributed by atoms with van der Waals surface area (Å²) in [6.07, 6.45) is 3.65. The van der Waals surface area contributed by atoms with E-state index in [1.165, 1.54) is 0 Å². The lowest BCUT2D eigenvalue weighted by Crippen LogP contribution is -2.37. The molecule has 0 saturated carbocycles. The number of hydrogen-bond acceptors (Lipinski definition) is 6. The number of anilines is 2. The van der Waals surface area contributed by atoms with Gasteiger partial charge in [0.25, 0.3) is 0 Å². The number of carbonyl (C=O) groups is 1. The Hall–Kier alpha value is -2.54. The van der Waals surface area contributed by atoms with Crippen LogP contribution in [0.2, 0.25) is 0 Å². The number of amides is 1. The molecule has 0 unspecified atom stereocenters. The number of rotatable bonds is 5. The lowest BCUT2D eigenvalue weighted by atomic mass is 10.1. The maximum atomic E-state index is 12.3. The smallest absolute Gasteiger partial charge is 0.237 e. The highest BCUT2D eigenvalue weighted by Crippen LogP contribution is 2.32. The first-order chi connectivity index (χ1) is 11.7. The van der Waals surface area contributed by atoms with Gasteiger partial charge in [-0.05, 0) is 38.9 Å². The van der Waals surface area contributed by atoms with Gasteiger partial charge in [-0.25, -0.2) is 15.0 Å². The summed E-state index contributed by atoms with van der Waals surface area (Å²) < 4.78 is 0. The Labute approximate surface area is 141 Å². The molecule has 2 N–H and O–H groups in total. The van der Waals surface area contributed by atoms with Crippen LogP contribution in [0.15, 0.2) is 30.5 Å². The first-order valence-corrected chi connectivity index (χ1v) is 8.15. The molecule has 0 radical (unpaired) electrons. The molecule has 7 nitrogen and oxygen atoms in total. The van der Waals surface area contributed by atoms with E-state index in [-0.39, 0.29) is 11.9 Å². The molecule has 0 bridgehead atoms. The highest BCUT2D eigenvalue weighted by Gasteiger charge is 2.30. The SMILES string of the molecule is CNCC(=O)N1CCC[C@@H]1c1cc(Nc2ccccn2)nc(C)n1. The van der Waals surface area contributed by atoms with E-state index in [0.29, 0.717) is 18.2 Å². The second kappa shape index (κ2) is 7.35. The molecule has 2 aromatic heterocycles. The molecule has 1 aliphatic heterocycles. The van der Waals surface area contributed by atoms with Gasteiger partial charge in [0, 0.05) is 18.8 Å². The van der Waals surface area contributed by atoms with E-state index in [4.69, 9.17) is 0 Å². The average molecular weight is 326 g/mol. The fourth-order valence-electron chi connectivity index (χ4n) is 3.02. The minimum atomic E-state index is 0.0110. The van der Waals surface area contributed by atoms with E-state index < -0.39 is 0 Å². The molecule has 7 heteroatoms. The van der Waals surface area contributed by atoms with Gasteiger partial charge in [-0.2, -0.15) is 0 Å². The third-order valence-corrected chi connectivity index (χ3v) is 4.02. The van der Waals surface area contributed by atoms with Gasteiger partial charge in [-0.3, -0.25) is 4.79 Å². The summed E-state index contributed by atoms with van der Waals surface area (Å²) in [5, 5.41) is 6.13. The van der Waals surface area contributed by atoms with Gasteiger partial charge in [0.2, 0.25) is 5.91 Å². The third-order valence-electron chi connectivity index (χ3n) is 4.02. The van der Waals surface area contributed by atoms with E-state index in [9.17, 15) is 4.79 Å². The number of carbonyl (C=O) groups excluding carboxylic acids is 1. The van der Waals surface area contributed by atoms with Crippen LogP contribution in [0.4, 0.5) is 11.6 Å². The van der Waals surface area contributed by atoms with Crippen molar-refractivity contribution in [1.29, 1.82) is 0 Å². The van der Waals surface area contributed by atoms with Gasteiger partial charge in [0.15, 0.2) is 0 Å². The lowest BCUT2D eigenvalue weighted by Gasteiger charge is -2.24. The number of likely N-dealkylation sites (tertiary alicyclic amines) is 1. The zero-order valence-electron chi connectivity index (χ0n) is 14.0. The predicted molar refractivity (Wildman–Crippen MR) is 91.9 cm³/mol. The standard InChI is InChI=1S/C17H22N6O/c1-12-20-13(14-6-5-9-23(14)17(24)11-18-2)10-16(21-12)22-15-7-3-4-8-19-15/h3-4,7-8,10,14,18H,5-6,9,11H2,1-2H3,(H,19,20,21,22)/t14-/m1/s1. The summed E-state index contributed by atoms with van der Waals surface area (Å²) in [6, 6.07) is 7.59. The molecule has 3 heterocycles. The van der Waals surface area contributed by atoms with Crippen molar-refractivity contribution in [1.82, 2.24) is 25.2 Å². The van der Waals surface area contributed by atoms with E-state index in [2.05, 4.69) is 25.6 Å².